The van der Waals surface area contributed by atoms with E-state index in [0.717, 1.165) is 34.4 Å². The molecule has 0 atom stereocenters. The number of rotatable bonds is 3. The average Bonchev–Trinajstić information content (AvgIpc) is 2.18. The van der Waals surface area contributed by atoms with Crippen LogP contribution in [0.25, 0.3) is 0 Å². The molecule has 0 saturated heterocycles. The van der Waals surface area contributed by atoms with Crippen molar-refractivity contribution in [3.63, 3.8) is 0 Å². The van der Waals surface area contributed by atoms with Gasteiger partial charge < -0.3 is 5.73 Å². The van der Waals surface area contributed by atoms with Crippen molar-refractivity contribution in [3.05, 3.63) is 32.3 Å². The van der Waals surface area contributed by atoms with Crippen molar-refractivity contribution in [3.8, 4) is 0 Å². The zero-order valence-electron chi connectivity index (χ0n) is 8.53. The molecule has 1 nitrogen and oxygen atoms in total. The van der Waals surface area contributed by atoms with Gasteiger partial charge in [-0.15, -0.1) is 0 Å². The second kappa shape index (κ2) is 5.15. The molecule has 1 aromatic carbocycles. The highest BCUT2D eigenvalue weighted by atomic mass is 79.9. The fourth-order valence-corrected chi connectivity index (χ4v) is 2.26. The molecule has 14 heavy (non-hydrogen) atoms. The van der Waals surface area contributed by atoms with Gasteiger partial charge in [-0.1, -0.05) is 27.5 Å². The molecule has 3 heteroatoms. The molecule has 0 aromatic heterocycles. The first-order valence-electron chi connectivity index (χ1n) is 4.72. The Labute approximate surface area is 98.8 Å². The normalized spacial score (nSPS) is 10.6. The first-order valence-corrected chi connectivity index (χ1v) is 5.89. The molecule has 78 valence electrons. The van der Waals surface area contributed by atoms with Gasteiger partial charge in [0.1, 0.15) is 0 Å². The van der Waals surface area contributed by atoms with Crippen molar-refractivity contribution in [1.29, 1.82) is 0 Å². The van der Waals surface area contributed by atoms with Gasteiger partial charge in [0.05, 0.1) is 0 Å². The zero-order valence-corrected chi connectivity index (χ0v) is 10.9. The largest absolute Gasteiger partial charge is 0.330 e. The lowest BCUT2D eigenvalue weighted by atomic mass is 10.0. The molecule has 0 unspecified atom stereocenters. The summed E-state index contributed by atoms with van der Waals surface area (Å²) in [4.78, 5) is 0. The number of halogens is 2. The van der Waals surface area contributed by atoms with Crippen LogP contribution in [-0.4, -0.2) is 6.54 Å². The van der Waals surface area contributed by atoms with Gasteiger partial charge in [-0.3, -0.25) is 0 Å². The maximum Gasteiger partial charge on any atom is 0.0449 e. The molecule has 0 fully saturated rings. The SMILES string of the molecule is Cc1c(Cl)cc(CCCN)c(C)c1Br. The molecular formula is C11H15BrClN. The Bertz CT molecular complexity index is 337. The zero-order chi connectivity index (χ0) is 10.7. The fourth-order valence-electron chi connectivity index (χ4n) is 1.45. The fraction of sp³-hybridized carbons (Fsp3) is 0.455. The van der Waals surface area contributed by atoms with E-state index in [4.69, 9.17) is 17.3 Å². The van der Waals surface area contributed by atoms with Crippen LogP contribution in [0.2, 0.25) is 5.02 Å². The van der Waals surface area contributed by atoms with E-state index in [2.05, 4.69) is 22.9 Å². The van der Waals surface area contributed by atoms with Gasteiger partial charge in [-0.05, 0) is 56.0 Å². The third-order valence-electron chi connectivity index (χ3n) is 2.45. The molecule has 0 amide bonds. The molecule has 0 radical (unpaired) electrons. The van der Waals surface area contributed by atoms with Crippen LogP contribution in [0.3, 0.4) is 0 Å². The van der Waals surface area contributed by atoms with Crippen molar-refractivity contribution >= 4 is 27.5 Å². The van der Waals surface area contributed by atoms with E-state index in [1.54, 1.807) is 0 Å². The number of hydrogen-bond acceptors (Lipinski definition) is 1. The molecule has 2 N–H and O–H groups in total. The van der Waals surface area contributed by atoms with Gasteiger partial charge in [0.15, 0.2) is 0 Å². The van der Waals surface area contributed by atoms with Gasteiger partial charge in [-0.2, -0.15) is 0 Å². The molecule has 0 aliphatic rings. The second-order valence-corrected chi connectivity index (χ2v) is 4.67. The van der Waals surface area contributed by atoms with Crippen LogP contribution < -0.4 is 5.73 Å². The summed E-state index contributed by atoms with van der Waals surface area (Å²) in [6, 6.07) is 2.05. The van der Waals surface area contributed by atoms with Crippen LogP contribution in [0.5, 0.6) is 0 Å². The van der Waals surface area contributed by atoms with Crippen LogP contribution in [0.1, 0.15) is 23.1 Å². The molecule has 0 spiro atoms. The molecule has 1 aromatic rings. The van der Waals surface area contributed by atoms with E-state index < -0.39 is 0 Å². The summed E-state index contributed by atoms with van der Waals surface area (Å²) in [6.07, 6.45) is 2.01. The highest BCUT2D eigenvalue weighted by Gasteiger charge is 2.08. The van der Waals surface area contributed by atoms with E-state index >= 15 is 0 Å². The van der Waals surface area contributed by atoms with Crippen molar-refractivity contribution in [2.45, 2.75) is 26.7 Å². The van der Waals surface area contributed by atoms with Gasteiger partial charge in [0.25, 0.3) is 0 Å². The smallest absolute Gasteiger partial charge is 0.0449 e. The number of aryl methyl sites for hydroxylation is 1. The number of hydrogen-bond donors (Lipinski definition) is 1. The molecule has 0 bridgehead atoms. The summed E-state index contributed by atoms with van der Waals surface area (Å²) in [5.41, 5.74) is 9.17. The maximum atomic E-state index is 6.11. The van der Waals surface area contributed by atoms with E-state index in [1.807, 2.05) is 13.0 Å². The van der Waals surface area contributed by atoms with E-state index in [-0.39, 0.29) is 0 Å². The lowest BCUT2D eigenvalue weighted by Gasteiger charge is -2.11. The minimum absolute atomic E-state index is 0.725. The average molecular weight is 277 g/mol. The monoisotopic (exact) mass is 275 g/mol. The van der Waals surface area contributed by atoms with Gasteiger partial charge >= 0.3 is 0 Å². The van der Waals surface area contributed by atoms with Crippen LogP contribution in [0.15, 0.2) is 10.5 Å². The summed E-state index contributed by atoms with van der Waals surface area (Å²) in [5, 5.41) is 0.828. The van der Waals surface area contributed by atoms with E-state index in [0.29, 0.717) is 0 Å². The highest BCUT2D eigenvalue weighted by Crippen LogP contribution is 2.30. The van der Waals surface area contributed by atoms with Crippen molar-refractivity contribution in [2.24, 2.45) is 5.73 Å². The quantitative estimate of drug-likeness (QED) is 0.897. The number of nitrogens with two attached hydrogens (primary N) is 1. The third kappa shape index (κ3) is 2.50. The van der Waals surface area contributed by atoms with Crippen LogP contribution in [-0.2, 0) is 6.42 Å². The maximum absolute atomic E-state index is 6.11. The Balaban J connectivity index is 3.06. The van der Waals surface area contributed by atoms with E-state index in [9.17, 15) is 0 Å². The Hall–Kier alpha value is -0.0500. The summed E-state index contributed by atoms with van der Waals surface area (Å²) in [7, 11) is 0. The summed E-state index contributed by atoms with van der Waals surface area (Å²) in [5.74, 6) is 0. The van der Waals surface area contributed by atoms with Crippen LogP contribution in [0, 0.1) is 13.8 Å². The molecule has 1 rings (SSSR count). The lowest BCUT2D eigenvalue weighted by Crippen LogP contribution is -2.02. The standard InChI is InChI=1S/C11H15BrClN/c1-7-9(4-3-5-14)6-10(13)8(2)11(7)12/h6H,3-5,14H2,1-2H3. The minimum Gasteiger partial charge on any atom is -0.330 e. The van der Waals surface area contributed by atoms with Gasteiger partial charge in [0.2, 0.25) is 0 Å². The Kier molecular flexibility index (Phi) is 4.42. The molecule has 0 heterocycles. The summed E-state index contributed by atoms with van der Waals surface area (Å²) < 4.78 is 1.12. The summed E-state index contributed by atoms with van der Waals surface area (Å²) in [6.45, 7) is 4.86. The Morgan fingerprint density at radius 2 is 2.00 bits per heavy atom. The Morgan fingerprint density at radius 3 is 2.57 bits per heavy atom. The molecule has 0 saturated carbocycles. The minimum atomic E-state index is 0.725. The first-order chi connectivity index (χ1) is 6.57. The highest BCUT2D eigenvalue weighted by molar-refractivity contribution is 9.10. The van der Waals surface area contributed by atoms with Crippen molar-refractivity contribution in [2.75, 3.05) is 6.54 Å². The lowest BCUT2D eigenvalue weighted by molar-refractivity contribution is 0.827. The predicted molar refractivity (Wildman–Crippen MR) is 66.0 cm³/mol. The first kappa shape index (κ1) is 12.0. The van der Waals surface area contributed by atoms with Crippen LogP contribution in [0.4, 0.5) is 0 Å². The second-order valence-electron chi connectivity index (χ2n) is 3.47. The number of benzene rings is 1. The topological polar surface area (TPSA) is 26.0 Å². The molecule has 0 aliphatic heterocycles. The predicted octanol–water partition coefficient (Wildman–Crippen LogP) is 3.61. The van der Waals surface area contributed by atoms with Crippen LogP contribution >= 0.6 is 27.5 Å². The van der Waals surface area contributed by atoms with Crippen molar-refractivity contribution < 1.29 is 0 Å². The molecular weight excluding hydrogens is 261 g/mol. The van der Waals surface area contributed by atoms with E-state index in [1.165, 1.54) is 11.1 Å². The summed E-state index contributed by atoms with van der Waals surface area (Å²) >= 11 is 9.67. The van der Waals surface area contributed by atoms with Gasteiger partial charge in [0, 0.05) is 9.50 Å². The molecule has 0 aliphatic carbocycles. The Morgan fingerprint density at radius 1 is 1.36 bits per heavy atom. The van der Waals surface area contributed by atoms with Crippen molar-refractivity contribution in [1.82, 2.24) is 0 Å². The third-order valence-corrected chi connectivity index (χ3v) is 4.03. The van der Waals surface area contributed by atoms with Gasteiger partial charge in [-0.25, -0.2) is 0 Å².